The van der Waals surface area contributed by atoms with Crippen LogP contribution in [-0.4, -0.2) is 41.6 Å². The van der Waals surface area contributed by atoms with Gasteiger partial charge in [-0.15, -0.1) is 0 Å². The molecule has 0 aromatic carbocycles. The quantitative estimate of drug-likeness (QED) is 0.709. The molecule has 1 heterocycles. The van der Waals surface area contributed by atoms with Crippen LogP contribution in [-0.2, 0) is 4.74 Å². The summed E-state index contributed by atoms with van der Waals surface area (Å²) in [6.07, 6.45) is 6.06. The topological polar surface area (TPSA) is 12.5 Å². The van der Waals surface area contributed by atoms with Crippen LogP contribution < -0.4 is 0 Å². The van der Waals surface area contributed by atoms with Gasteiger partial charge in [-0.2, -0.15) is 0 Å². The minimum atomic E-state index is 0.409. The summed E-state index contributed by atoms with van der Waals surface area (Å²) in [4.78, 5) is 2.67. The Morgan fingerprint density at radius 1 is 1.36 bits per heavy atom. The van der Waals surface area contributed by atoms with Crippen LogP contribution in [0.3, 0.4) is 0 Å². The van der Waals surface area contributed by atoms with Gasteiger partial charge in [0.2, 0.25) is 0 Å². The van der Waals surface area contributed by atoms with Crippen molar-refractivity contribution in [2.24, 2.45) is 0 Å². The number of halogens is 1. The van der Waals surface area contributed by atoms with E-state index in [0.717, 1.165) is 24.5 Å². The van der Waals surface area contributed by atoms with E-state index in [-0.39, 0.29) is 0 Å². The van der Waals surface area contributed by atoms with Crippen molar-refractivity contribution in [2.75, 3.05) is 18.5 Å². The van der Waals surface area contributed by atoms with Crippen molar-refractivity contribution in [2.45, 2.75) is 50.8 Å². The molecule has 2 rings (SSSR count). The highest BCUT2D eigenvalue weighted by atomic mass is 79.9. The van der Waals surface area contributed by atoms with Gasteiger partial charge >= 0.3 is 0 Å². The zero-order valence-electron chi connectivity index (χ0n) is 8.92. The summed E-state index contributed by atoms with van der Waals surface area (Å²) >= 11 is 3.52. The van der Waals surface area contributed by atoms with E-state index in [0.29, 0.717) is 12.1 Å². The van der Waals surface area contributed by atoms with Crippen molar-refractivity contribution in [1.82, 2.24) is 4.90 Å². The lowest BCUT2D eigenvalue weighted by Crippen LogP contribution is -2.52. The fourth-order valence-corrected chi connectivity index (χ4v) is 3.07. The van der Waals surface area contributed by atoms with Crippen LogP contribution in [0.2, 0.25) is 0 Å². The molecule has 2 fully saturated rings. The second kappa shape index (κ2) is 4.95. The molecule has 1 saturated carbocycles. The van der Waals surface area contributed by atoms with Crippen molar-refractivity contribution in [1.29, 1.82) is 0 Å². The van der Waals surface area contributed by atoms with Crippen molar-refractivity contribution in [3.63, 3.8) is 0 Å². The summed E-state index contributed by atoms with van der Waals surface area (Å²) in [5.74, 6) is 0. The van der Waals surface area contributed by atoms with Gasteiger partial charge in [0.05, 0.1) is 12.7 Å². The first-order valence-electron chi connectivity index (χ1n) is 5.74. The maximum absolute atomic E-state index is 5.74. The molecule has 0 spiro atoms. The van der Waals surface area contributed by atoms with Crippen molar-refractivity contribution in [3.05, 3.63) is 0 Å². The van der Waals surface area contributed by atoms with Crippen LogP contribution in [0.1, 0.15) is 32.6 Å². The Morgan fingerprint density at radius 2 is 2.07 bits per heavy atom. The van der Waals surface area contributed by atoms with Gasteiger partial charge in [-0.1, -0.05) is 28.8 Å². The predicted molar refractivity (Wildman–Crippen MR) is 62.0 cm³/mol. The molecule has 1 aliphatic heterocycles. The van der Waals surface area contributed by atoms with Gasteiger partial charge in [0.25, 0.3) is 0 Å². The molecule has 1 saturated heterocycles. The van der Waals surface area contributed by atoms with E-state index in [2.05, 4.69) is 27.8 Å². The largest absolute Gasteiger partial charge is 0.374 e. The molecule has 3 heteroatoms. The molecule has 0 aromatic rings. The Labute approximate surface area is 95.1 Å². The lowest BCUT2D eigenvalue weighted by molar-refractivity contribution is -0.0624. The molecular formula is C11H20BrNO. The van der Waals surface area contributed by atoms with Gasteiger partial charge in [0.15, 0.2) is 0 Å². The van der Waals surface area contributed by atoms with E-state index >= 15 is 0 Å². The van der Waals surface area contributed by atoms with Crippen LogP contribution in [0, 0.1) is 0 Å². The summed E-state index contributed by atoms with van der Waals surface area (Å²) in [5.41, 5.74) is 0. The third kappa shape index (κ3) is 2.31. The van der Waals surface area contributed by atoms with E-state index < -0.39 is 0 Å². The lowest BCUT2D eigenvalue weighted by atomic mass is 10.1. The maximum atomic E-state index is 5.74. The smallest absolute Gasteiger partial charge is 0.0799 e. The molecule has 1 aliphatic carbocycles. The SMILES string of the molecule is CC1COC(CBr)CN1C1CCCC1. The number of morpholine rings is 1. The number of ether oxygens (including phenoxy) is 1. The fraction of sp³-hybridized carbons (Fsp3) is 1.00. The molecule has 0 amide bonds. The van der Waals surface area contributed by atoms with Crippen LogP contribution >= 0.6 is 15.9 Å². The molecule has 0 aromatic heterocycles. The van der Waals surface area contributed by atoms with E-state index in [1.54, 1.807) is 0 Å². The molecule has 0 radical (unpaired) electrons. The van der Waals surface area contributed by atoms with E-state index in [4.69, 9.17) is 4.74 Å². The monoisotopic (exact) mass is 261 g/mol. The van der Waals surface area contributed by atoms with Crippen molar-refractivity contribution < 1.29 is 4.74 Å². The average molecular weight is 262 g/mol. The van der Waals surface area contributed by atoms with Crippen molar-refractivity contribution in [3.8, 4) is 0 Å². The molecule has 2 unspecified atom stereocenters. The molecule has 82 valence electrons. The Morgan fingerprint density at radius 3 is 2.71 bits per heavy atom. The second-order valence-corrected chi connectivity index (χ2v) is 5.24. The highest BCUT2D eigenvalue weighted by Crippen LogP contribution is 2.27. The Balaban J connectivity index is 1.93. The zero-order chi connectivity index (χ0) is 9.97. The average Bonchev–Trinajstić information content (AvgIpc) is 2.71. The molecule has 2 nitrogen and oxygen atoms in total. The summed E-state index contributed by atoms with van der Waals surface area (Å²) in [6, 6.07) is 1.46. The minimum Gasteiger partial charge on any atom is -0.374 e. The molecule has 2 atom stereocenters. The number of hydrogen-bond donors (Lipinski definition) is 0. The molecule has 0 bridgehead atoms. The maximum Gasteiger partial charge on any atom is 0.0799 e. The standard InChI is InChI=1S/C11H20BrNO/c1-9-8-14-11(6-12)7-13(9)10-4-2-3-5-10/h9-11H,2-8H2,1H3. The predicted octanol–water partition coefficient (Wildman–Crippen LogP) is 2.41. The fourth-order valence-electron chi connectivity index (χ4n) is 2.68. The van der Waals surface area contributed by atoms with Gasteiger partial charge in [-0.05, 0) is 19.8 Å². The van der Waals surface area contributed by atoms with E-state index in [1.165, 1.54) is 25.7 Å². The summed E-state index contributed by atoms with van der Waals surface area (Å²) in [7, 11) is 0. The first-order chi connectivity index (χ1) is 6.81. The summed E-state index contributed by atoms with van der Waals surface area (Å²) in [6.45, 7) is 4.33. The Hall–Kier alpha value is 0.400. The summed E-state index contributed by atoms with van der Waals surface area (Å²) < 4.78 is 5.74. The molecule has 0 N–H and O–H groups in total. The van der Waals surface area contributed by atoms with Gasteiger partial charge in [-0.25, -0.2) is 0 Å². The molecule has 14 heavy (non-hydrogen) atoms. The van der Waals surface area contributed by atoms with Crippen molar-refractivity contribution >= 4 is 15.9 Å². The highest BCUT2D eigenvalue weighted by molar-refractivity contribution is 9.09. The second-order valence-electron chi connectivity index (χ2n) is 4.59. The normalized spacial score (nSPS) is 36.4. The number of rotatable bonds is 2. The third-order valence-electron chi connectivity index (χ3n) is 3.52. The molecular weight excluding hydrogens is 242 g/mol. The summed E-state index contributed by atoms with van der Waals surface area (Å²) in [5, 5.41) is 0.975. The Bertz CT molecular complexity index is 182. The van der Waals surface area contributed by atoms with Crippen LogP contribution in [0.25, 0.3) is 0 Å². The number of hydrogen-bond acceptors (Lipinski definition) is 2. The zero-order valence-corrected chi connectivity index (χ0v) is 10.5. The van der Waals surface area contributed by atoms with Crippen LogP contribution in [0.4, 0.5) is 0 Å². The van der Waals surface area contributed by atoms with Gasteiger partial charge in [0.1, 0.15) is 0 Å². The third-order valence-corrected chi connectivity index (χ3v) is 4.24. The van der Waals surface area contributed by atoms with Gasteiger partial charge in [0, 0.05) is 24.0 Å². The first-order valence-corrected chi connectivity index (χ1v) is 6.86. The van der Waals surface area contributed by atoms with E-state index in [1.807, 2.05) is 0 Å². The van der Waals surface area contributed by atoms with Crippen LogP contribution in [0.15, 0.2) is 0 Å². The Kier molecular flexibility index (Phi) is 3.86. The lowest BCUT2D eigenvalue weighted by Gasteiger charge is -2.41. The highest BCUT2D eigenvalue weighted by Gasteiger charge is 2.32. The number of alkyl halides is 1. The van der Waals surface area contributed by atoms with Gasteiger partial charge in [-0.3, -0.25) is 4.90 Å². The molecule has 2 aliphatic rings. The van der Waals surface area contributed by atoms with E-state index in [9.17, 15) is 0 Å². The van der Waals surface area contributed by atoms with Crippen LogP contribution in [0.5, 0.6) is 0 Å². The minimum absolute atomic E-state index is 0.409. The number of nitrogens with zero attached hydrogens (tertiary/aromatic N) is 1. The first kappa shape index (κ1) is 10.9. The van der Waals surface area contributed by atoms with Gasteiger partial charge < -0.3 is 4.74 Å².